The molecule has 0 spiro atoms. The van der Waals surface area contributed by atoms with Crippen LogP contribution in [0.5, 0.6) is 17.2 Å². The predicted octanol–water partition coefficient (Wildman–Crippen LogP) is 2.97. The lowest BCUT2D eigenvalue weighted by atomic mass is 10.1. The number of methoxy groups -OCH3 is 2. The highest BCUT2D eigenvalue weighted by Gasteiger charge is 2.19. The van der Waals surface area contributed by atoms with Crippen LogP contribution in [0, 0.1) is 0 Å². The summed E-state index contributed by atoms with van der Waals surface area (Å²) >= 11 is 0.965. The third-order valence-electron chi connectivity index (χ3n) is 4.47. The van der Waals surface area contributed by atoms with Crippen LogP contribution >= 0.6 is 11.3 Å². The summed E-state index contributed by atoms with van der Waals surface area (Å²) in [5, 5.41) is 16.9. The number of amides is 2. The standard InChI is InChI=1S/C21H30N4O5S/c1-12(2)25(13(3)4)8-7-22-20(28)15-11-31-21(23-15)24-19(27)14-9-17(29-5)18(30-6)10-16(14)26/h9-13,26H,7-8H2,1-6H3,(H,22,28)(H,23,24,27)/i5D3,6D3. The van der Waals surface area contributed by atoms with E-state index >= 15 is 0 Å². The number of rotatable bonds is 10. The van der Waals surface area contributed by atoms with Gasteiger partial charge in [0.1, 0.15) is 11.4 Å². The summed E-state index contributed by atoms with van der Waals surface area (Å²) in [7, 11) is -5.96. The number of aromatic hydroxyl groups is 1. The van der Waals surface area contributed by atoms with Crippen molar-refractivity contribution in [1.82, 2.24) is 15.2 Å². The van der Waals surface area contributed by atoms with Crippen molar-refractivity contribution in [2.24, 2.45) is 0 Å². The van der Waals surface area contributed by atoms with E-state index in [0.29, 0.717) is 25.2 Å². The highest BCUT2D eigenvalue weighted by molar-refractivity contribution is 7.14. The topological polar surface area (TPSA) is 113 Å². The average molecular weight is 457 g/mol. The molecule has 0 saturated heterocycles. The second kappa shape index (κ2) is 11.0. The van der Waals surface area contributed by atoms with Gasteiger partial charge in [-0.15, -0.1) is 11.3 Å². The van der Waals surface area contributed by atoms with Crippen molar-refractivity contribution in [3.63, 3.8) is 0 Å². The minimum Gasteiger partial charge on any atom is -0.507 e. The lowest BCUT2D eigenvalue weighted by Crippen LogP contribution is -2.42. The highest BCUT2D eigenvalue weighted by atomic mass is 32.1. The molecule has 1 heterocycles. The number of anilines is 1. The van der Waals surface area contributed by atoms with Gasteiger partial charge in [0.25, 0.3) is 11.8 Å². The van der Waals surface area contributed by atoms with Crippen LogP contribution < -0.4 is 20.1 Å². The number of benzene rings is 1. The molecule has 2 aromatic rings. The molecular formula is C21H30N4O5S. The molecule has 0 saturated carbocycles. The van der Waals surface area contributed by atoms with Crippen LogP contribution in [0.15, 0.2) is 17.5 Å². The van der Waals surface area contributed by atoms with Crippen molar-refractivity contribution in [3.8, 4) is 17.2 Å². The highest BCUT2D eigenvalue weighted by Crippen LogP contribution is 2.34. The van der Waals surface area contributed by atoms with Crippen LogP contribution in [0.2, 0.25) is 0 Å². The summed E-state index contributed by atoms with van der Waals surface area (Å²) < 4.78 is 52.9. The van der Waals surface area contributed by atoms with E-state index < -0.39 is 48.7 Å². The Hall–Kier alpha value is -2.85. The van der Waals surface area contributed by atoms with Crippen LogP contribution in [0.4, 0.5) is 5.13 Å². The summed E-state index contributed by atoms with van der Waals surface area (Å²) in [6, 6.07) is 2.23. The third kappa shape index (κ3) is 6.31. The van der Waals surface area contributed by atoms with Gasteiger partial charge in [-0.1, -0.05) is 0 Å². The summed E-state index contributed by atoms with van der Waals surface area (Å²) in [6.45, 7) is 9.33. The molecule has 2 rings (SSSR count). The lowest BCUT2D eigenvalue weighted by Gasteiger charge is -2.30. The number of carbonyl (C=O) groups excluding carboxylic acids is 2. The largest absolute Gasteiger partial charge is 0.507 e. The Morgan fingerprint density at radius 3 is 2.42 bits per heavy atom. The molecule has 3 N–H and O–H groups in total. The van der Waals surface area contributed by atoms with Crippen LogP contribution in [0.3, 0.4) is 0 Å². The van der Waals surface area contributed by atoms with Crippen molar-refractivity contribution >= 4 is 28.3 Å². The van der Waals surface area contributed by atoms with Crippen molar-refractivity contribution in [1.29, 1.82) is 0 Å². The number of nitrogens with zero attached hydrogens (tertiary/aromatic N) is 2. The Balaban J connectivity index is 2.14. The predicted molar refractivity (Wildman–Crippen MR) is 121 cm³/mol. The van der Waals surface area contributed by atoms with Gasteiger partial charge in [-0.2, -0.15) is 0 Å². The van der Waals surface area contributed by atoms with E-state index in [1.807, 2.05) is 0 Å². The summed E-state index contributed by atoms with van der Waals surface area (Å²) in [5.41, 5.74) is -0.348. The van der Waals surface area contributed by atoms with Gasteiger partial charge < -0.3 is 19.9 Å². The van der Waals surface area contributed by atoms with Gasteiger partial charge in [-0.3, -0.25) is 19.8 Å². The number of aromatic nitrogens is 1. The average Bonchev–Trinajstić information content (AvgIpc) is 3.18. The van der Waals surface area contributed by atoms with Crippen molar-refractivity contribution in [2.45, 2.75) is 39.8 Å². The first-order valence-electron chi connectivity index (χ1n) is 12.5. The minimum atomic E-state index is -2.99. The van der Waals surface area contributed by atoms with Crippen LogP contribution in [-0.2, 0) is 0 Å². The van der Waals surface area contributed by atoms with Gasteiger partial charge in [-0.05, 0) is 27.7 Å². The van der Waals surface area contributed by atoms with Crippen molar-refractivity contribution < 1.29 is 32.4 Å². The molecule has 31 heavy (non-hydrogen) atoms. The van der Waals surface area contributed by atoms with Gasteiger partial charge in [0, 0.05) is 42.7 Å². The Labute approximate surface area is 194 Å². The molecular weight excluding hydrogens is 420 g/mol. The first kappa shape index (κ1) is 16.8. The number of hydrogen-bond acceptors (Lipinski definition) is 8. The second-order valence-electron chi connectivity index (χ2n) is 7.19. The molecule has 0 radical (unpaired) electrons. The Morgan fingerprint density at radius 2 is 1.81 bits per heavy atom. The molecule has 0 atom stereocenters. The number of phenols is 1. The van der Waals surface area contributed by atoms with E-state index in [9.17, 15) is 14.7 Å². The zero-order valence-electron chi connectivity index (χ0n) is 23.7. The fourth-order valence-electron chi connectivity index (χ4n) is 2.99. The number of phenolic OH excluding ortho intramolecular Hbond substituents is 1. The number of hydrogen-bond donors (Lipinski definition) is 3. The Morgan fingerprint density at radius 1 is 1.16 bits per heavy atom. The monoisotopic (exact) mass is 456 g/mol. The molecule has 0 bridgehead atoms. The first-order valence-corrected chi connectivity index (χ1v) is 10.4. The maximum atomic E-state index is 12.7. The number of nitrogens with one attached hydrogen (secondary N) is 2. The number of thiazole rings is 1. The van der Waals surface area contributed by atoms with Crippen LogP contribution in [0.25, 0.3) is 0 Å². The third-order valence-corrected chi connectivity index (χ3v) is 5.22. The van der Waals surface area contributed by atoms with Gasteiger partial charge in [0.15, 0.2) is 16.6 Å². The zero-order valence-corrected chi connectivity index (χ0v) is 18.5. The zero-order chi connectivity index (χ0) is 28.1. The van der Waals surface area contributed by atoms with E-state index in [4.69, 9.17) is 17.7 Å². The SMILES string of the molecule is [2H]C([2H])([2H])Oc1cc(O)c(C(=O)Nc2nc(C(=O)NCCN(C(C)C)C(C)C)cs2)cc1OC([2H])([2H])[2H]. The summed E-state index contributed by atoms with van der Waals surface area (Å²) in [6.07, 6.45) is 0. The molecule has 0 unspecified atom stereocenters. The minimum absolute atomic E-state index is 0.0432. The van der Waals surface area contributed by atoms with E-state index in [0.717, 1.165) is 23.5 Å². The molecule has 0 fully saturated rings. The Bertz CT molecular complexity index is 1100. The molecule has 1 aromatic heterocycles. The normalized spacial score (nSPS) is 14.8. The molecule has 170 valence electrons. The first-order chi connectivity index (χ1) is 17.0. The van der Waals surface area contributed by atoms with Crippen LogP contribution in [-0.4, -0.2) is 66.1 Å². The molecule has 1 aromatic carbocycles. The molecule has 10 heteroatoms. The molecule has 9 nitrogen and oxygen atoms in total. The maximum absolute atomic E-state index is 12.7. The van der Waals surface area contributed by atoms with Gasteiger partial charge in [0.2, 0.25) is 0 Å². The van der Waals surface area contributed by atoms with E-state index in [1.54, 1.807) is 0 Å². The molecule has 0 aliphatic heterocycles. The fraction of sp³-hybridized carbons (Fsp3) is 0.476. The van der Waals surface area contributed by atoms with Crippen molar-refractivity contribution in [3.05, 3.63) is 28.8 Å². The molecule has 2 amide bonds. The van der Waals surface area contributed by atoms with Gasteiger partial charge >= 0.3 is 0 Å². The molecule has 0 aliphatic carbocycles. The van der Waals surface area contributed by atoms with E-state index in [-0.39, 0.29) is 10.8 Å². The maximum Gasteiger partial charge on any atom is 0.270 e. The summed E-state index contributed by atoms with van der Waals surface area (Å²) in [4.78, 5) is 31.5. The van der Waals surface area contributed by atoms with Gasteiger partial charge in [-0.25, -0.2) is 4.98 Å². The lowest BCUT2D eigenvalue weighted by molar-refractivity contribution is 0.0934. The number of carbonyl (C=O) groups is 2. The Kier molecular flexibility index (Phi) is 5.94. The fourth-order valence-corrected chi connectivity index (χ4v) is 3.68. The van der Waals surface area contributed by atoms with Gasteiger partial charge in [0.05, 0.1) is 27.9 Å². The second-order valence-corrected chi connectivity index (χ2v) is 8.05. The van der Waals surface area contributed by atoms with E-state index in [2.05, 4.69) is 48.2 Å². The van der Waals surface area contributed by atoms with E-state index in [1.165, 1.54) is 5.38 Å². The van der Waals surface area contributed by atoms with Crippen LogP contribution in [0.1, 0.15) is 56.8 Å². The van der Waals surface area contributed by atoms with Crippen molar-refractivity contribution in [2.75, 3.05) is 32.5 Å². The number of ether oxygens (including phenoxy) is 2. The summed E-state index contributed by atoms with van der Waals surface area (Å²) in [5.74, 6) is -3.20. The quantitative estimate of drug-likeness (QED) is 0.504. The smallest absolute Gasteiger partial charge is 0.270 e. The molecule has 0 aliphatic rings.